The number of halogens is 3. The van der Waals surface area contributed by atoms with Gasteiger partial charge in [-0.15, -0.1) is 0 Å². The van der Waals surface area contributed by atoms with Gasteiger partial charge in [-0.2, -0.15) is 13.2 Å². The monoisotopic (exact) mass is 293 g/mol. The second-order valence-electron chi connectivity index (χ2n) is 4.06. The van der Waals surface area contributed by atoms with Crippen LogP contribution in [0.1, 0.15) is 5.69 Å². The predicted molar refractivity (Wildman–Crippen MR) is 64.0 cm³/mol. The third kappa shape index (κ3) is 3.16. The van der Waals surface area contributed by atoms with E-state index in [1.165, 1.54) is 6.08 Å². The van der Waals surface area contributed by atoms with Gasteiger partial charge in [0.1, 0.15) is 5.69 Å². The van der Waals surface area contributed by atoms with Gasteiger partial charge in [-0.3, -0.25) is 0 Å². The Kier molecular flexibility index (Phi) is 3.17. The molecule has 1 aromatic rings. The van der Waals surface area contributed by atoms with Gasteiger partial charge in [-0.25, -0.2) is 13.4 Å². The number of hydrogen-bond acceptors (Lipinski definition) is 5. The molecule has 2 heterocycles. The summed E-state index contributed by atoms with van der Waals surface area (Å²) < 4.78 is 59.9. The molecule has 3 N–H and O–H groups in total. The standard InChI is InChI=1S/C10H10F3N3O2S/c11-10(12,13)9-3-8(7(14)4-15-9)16-6-1-2-19(17,18)5-6/h1-4,6H,5,14H2,(H,15,16). The molecule has 1 aromatic heterocycles. The fraction of sp³-hybridized carbons (Fsp3) is 0.300. The number of rotatable bonds is 2. The highest BCUT2D eigenvalue weighted by Crippen LogP contribution is 2.31. The maximum Gasteiger partial charge on any atom is 0.433 e. The third-order valence-electron chi connectivity index (χ3n) is 2.50. The van der Waals surface area contributed by atoms with E-state index in [4.69, 9.17) is 5.73 Å². The Balaban J connectivity index is 2.24. The van der Waals surface area contributed by atoms with Crippen molar-refractivity contribution in [1.29, 1.82) is 0 Å². The van der Waals surface area contributed by atoms with Crippen molar-refractivity contribution in [2.45, 2.75) is 12.2 Å². The highest BCUT2D eigenvalue weighted by atomic mass is 32.2. The van der Waals surface area contributed by atoms with E-state index in [0.717, 1.165) is 17.7 Å². The van der Waals surface area contributed by atoms with Crippen LogP contribution in [0.2, 0.25) is 0 Å². The molecule has 0 aliphatic carbocycles. The molecule has 1 atom stereocenters. The average Bonchev–Trinajstić information content (AvgIpc) is 2.60. The number of hydrogen-bond donors (Lipinski definition) is 2. The van der Waals surface area contributed by atoms with Gasteiger partial charge in [0.15, 0.2) is 9.84 Å². The Labute approximate surface area is 107 Å². The Morgan fingerprint density at radius 2 is 2.11 bits per heavy atom. The lowest BCUT2D eigenvalue weighted by Crippen LogP contribution is -2.22. The van der Waals surface area contributed by atoms with E-state index in [1.807, 2.05) is 0 Å². The van der Waals surface area contributed by atoms with Crippen molar-refractivity contribution in [3.05, 3.63) is 29.4 Å². The van der Waals surface area contributed by atoms with Crippen molar-refractivity contribution in [2.24, 2.45) is 0 Å². The average molecular weight is 293 g/mol. The summed E-state index contributed by atoms with van der Waals surface area (Å²) >= 11 is 0. The van der Waals surface area contributed by atoms with Crippen LogP contribution in [0.4, 0.5) is 24.5 Å². The van der Waals surface area contributed by atoms with Gasteiger partial charge < -0.3 is 11.1 Å². The smallest absolute Gasteiger partial charge is 0.396 e. The Morgan fingerprint density at radius 1 is 1.42 bits per heavy atom. The number of nitrogen functional groups attached to an aromatic ring is 1. The summed E-state index contributed by atoms with van der Waals surface area (Å²) in [5.41, 5.74) is 4.45. The van der Waals surface area contributed by atoms with E-state index in [1.54, 1.807) is 0 Å². The Bertz CT molecular complexity index is 625. The molecule has 0 saturated heterocycles. The summed E-state index contributed by atoms with van der Waals surface area (Å²) in [5, 5.41) is 3.67. The molecule has 1 aliphatic rings. The number of alkyl halides is 3. The van der Waals surface area contributed by atoms with Crippen LogP contribution in [0, 0.1) is 0 Å². The molecule has 0 bridgehead atoms. The first kappa shape index (κ1) is 13.7. The molecule has 0 radical (unpaired) electrons. The van der Waals surface area contributed by atoms with Crippen molar-refractivity contribution in [2.75, 3.05) is 16.8 Å². The maximum absolute atomic E-state index is 12.5. The van der Waals surface area contributed by atoms with Gasteiger partial charge in [0.25, 0.3) is 0 Å². The molecule has 5 nitrogen and oxygen atoms in total. The first-order chi connectivity index (χ1) is 8.67. The van der Waals surface area contributed by atoms with Gasteiger partial charge in [-0.1, -0.05) is 6.08 Å². The fourth-order valence-electron chi connectivity index (χ4n) is 1.61. The van der Waals surface area contributed by atoms with Crippen LogP contribution >= 0.6 is 0 Å². The SMILES string of the molecule is Nc1cnc(C(F)(F)F)cc1NC1C=CS(=O)(=O)C1. The van der Waals surface area contributed by atoms with Crippen molar-refractivity contribution < 1.29 is 21.6 Å². The summed E-state index contributed by atoms with van der Waals surface area (Å²) in [7, 11) is -3.29. The number of anilines is 2. The van der Waals surface area contributed by atoms with Crippen molar-refractivity contribution in [1.82, 2.24) is 4.98 Å². The van der Waals surface area contributed by atoms with Gasteiger partial charge in [0.05, 0.1) is 29.4 Å². The van der Waals surface area contributed by atoms with Crippen LogP contribution in [0.15, 0.2) is 23.7 Å². The number of aromatic nitrogens is 1. The number of nitrogens with two attached hydrogens (primary N) is 1. The van der Waals surface area contributed by atoms with Gasteiger partial charge in [0, 0.05) is 5.41 Å². The van der Waals surface area contributed by atoms with Crippen LogP contribution in [0.5, 0.6) is 0 Å². The quantitative estimate of drug-likeness (QED) is 0.861. The lowest BCUT2D eigenvalue weighted by atomic mass is 10.2. The molecule has 0 fully saturated rings. The number of nitrogens with zero attached hydrogens (tertiary/aromatic N) is 1. The molecule has 0 aromatic carbocycles. The zero-order valence-corrected chi connectivity index (χ0v) is 10.3. The summed E-state index contributed by atoms with van der Waals surface area (Å²) in [4.78, 5) is 3.19. The number of nitrogens with one attached hydrogen (secondary N) is 1. The van der Waals surface area contributed by atoms with Crippen molar-refractivity contribution >= 4 is 21.2 Å². The molecule has 1 unspecified atom stereocenters. The van der Waals surface area contributed by atoms with E-state index in [9.17, 15) is 21.6 Å². The molecule has 0 saturated carbocycles. The van der Waals surface area contributed by atoms with E-state index >= 15 is 0 Å². The third-order valence-corrected chi connectivity index (χ3v) is 3.89. The van der Waals surface area contributed by atoms with Crippen LogP contribution < -0.4 is 11.1 Å². The second kappa shape index (κ2) is 4.41. The molecular weight excluding hydrogens is 283 g/mol. The van der Waals surface area contributed by atoms with Crippen molar-refractivity contribution in [3.8, 4) is 0 Å². The minimum absolute atomic E-state index is 0.00840. The molecule has 9 heteroatoms. The Morgan fingerprint density at radius 3 is 2.63 bits per heavy atom. The highest BCUT2D eigenvalue weighted by molar-refractivity contribution is 7.94. The predicted octanol–water partition coefficient (Wildman–Crippen LogP) is 1.41. The minimum atomic E-state index is -4.58. The molecule has 19 heavy (non-hydrogen) atoms. The van der Waals surface area contributed by atoms with E-state index < -0.39 is 27.7 Å². The van der Waals surface area contributed by atoms with Crippen LogP contribution in [-0.2, 0) is 16.0 Å². The normalized spacial score (nSPS) is 21.5. The van der Waals surface area contributed by atoms with Crippen LogP contribution in [0.25, 0.3) is 0 Å². The lowest BCUT2D eigenvalue weighted by Gasteiger charge is -2.15. The van der Waals surface area contributed by atoms with Crippen LogP contribution in [-0.4, -0.2) is 25.2 Å². The molecular formula is C10H10F3N3O2S. The molecule has 0 spiro atoms. The summed E-state index contributed by atoms with van der Waals surface area (Å²) in [6, 6.07) is 0.157. The molecule has 104 valence electrons. The first-order valence-corrected chi connectivity index (χ1v) is 6.89. The zero-order chi connectivity index (χ0) is 14.3. The highest BCUT2D eigenvalue weighted by Gasteiger charge is 2.33. The Hall–Kier alpha value is -1.77. The van der Waals surface area contributed by atoms with E-state index in [0.29, 0.717) is 0 Å². The summed E-state index contributed by atoms with van der Waals surface area (Å²) in [6.07, 6.45) is -2.33. The first-order valence-electron chi connectivity index (χ1n) is 5.17. The second-order valence-corrected chi connectivity index (χ2v) is 5.99. The molecule has 0 amide bonds. The fourth-order valence-corrected chi connectivity index (χ4v) is 2.85. The van der Waals surface area contributed by atoms with Gasteiger partial charge in [0.2, 0.25) is 0 Å². The largest absolute Gasteiger partial charge is 0.433 e. The molecule has 2 rings (SSSR count). The van der Waals surface area contributed by atoms with Gasteiger partial charge >= 0.3 is 6.18 Å². The number of pyridine rings is 1. The molecule has 1 aliphatic heterocycles. The van der Waals surface area contributed by atoms with E-state index in [2.05, 4.69) is 10.3 Å². The topological polar surface area (TPSA) is 85.1 Å². The van der Waals surface area contributed by atoms with E-state index in [-0.39, 0.29) is 17.1 Å². The van der Waals surface area contributed by atoms with Crippen LogP contribution in [0.3, 0.4) is 0 Å². The lowest BCUT2D eigenvalue weighted by molar-refractivity contribution is -0.141. The minimum Gasteiger partial charge on any atom is -0.396 e. The maximum atomic E-state index is 12.5. The van der Waals surface area contributed by atoms with Gasteiger partial charge in [-0.05, 0) is 6.07 Å². The zero-order valence-electron chi connectivity index (χ0n) is 9.48. The number of sulfone groups is 1. The summed E-state index contributed by atoms with van der Waals surface area (Å²) in [6.45, 7) is 0. The van der Waals surface area contributed by atoms with Crippen molar-refractivity contribution in [3.63, 3.8) is 0 Å². The summed E-state index contributed by atoms with van der Waals surface area (Å²) in [5.74, 6) is -0.212.